The highest BCUT2D eigenvalue weighted by Crippen LogP contribution is 2.39. The van der Waals surface area contributed by atoms with Crippen molar-refractivity contribution in [3.63, 3.8) is 0 Å². The molecule has 0 saturated carbocycles. The minimum absolute atomic E-state index is 0.0274. The summed E-state index contributed by atoms with van der Waals surface area (Å²) in [5.74, 6) is 0.0793. The van der Waals surface area contributed by atoms with E-state index in [0.717, 1.165) is 30.8 Å². The first kappa shape index (κ1) is 11.7. The standard InChI is InChI=1S/C15H15N3O2/c19-8-11-14-13-6-3-7-17(13)15(20)10-4-1-2-5-12(10)18(14)9-16-11/h1-2,4-5,9,13,19H,3,6-8H2/t13-/m0/s1. The lowest BCUT2D eigenvalue weighted by Crippen LogP contribution is -2.29. The van der Waals surface area contributed by atoms with E-state index in [9.17, 15) is 9.90 Å². The van der Waals surface area contributed by atoms with Crippen LogP contribution in [0.2, 0.25) is 0 Å². The monoisotopic (exact) mass is 269 g/mol. The molecule has 1 aromatic carbocycles. The average molecular weight is 269 g/mol. The van der Waals surface area contributed by atoms with Crippen LogP contribution in [0.1, 0.15) is 40.6 Å². The van der Waals surface area contributed by atoms with Crippen molar-refractivity contribution in [2.45, 2.75) is 25.5 Å². The summed E-state index contributed by atoms with van der Waals surface area (Å²) in [5, 5.41) is 9.53. The second kappa shape index (κ2) is 4.18. The number of hydrogen-bond acceptors (Lipinski definition) is 3. The van der Waals surface area contributed by atoms with E-state index in [1.54, 1.807) is 6.33 Å². The van der Waals surface area contributed by atoms with E-state index in [4.69, 9.17) is 0 Å². The average Bonchev–Trinajstić information content (AvgIpc) is 3.10. The van der Waals surface area contributed by atoms with E-state index in [2.05, 4.69) is 4.98 Å². The number of carbonyl (C=O) groups is 1. The van der Waals surface area contributed by atoms with Crippen molar-refractivity contribution in [2.24, 2.45) is 0 Å². The molecule has 0 aliphatic carbocycles. The van der Waals surface area contributed by atoms with Crippen LogP contribution in [0.5, 0.6) is 0 Å². The van der Waals surface area contributed by atoms with E-state index < -0.39 is 0 Å². The van der Waals surface area contributed by atoms with E-state index in [1.165, 1.54) is 0 Å². The van der Waals surface area contributed by atoms with E-state index in [-0.39, 0.29) is 18.6 Å². The highest BCUT2D eigenvalue weighted by molar-refractivity contribution is 5.98. The minimum Gasteiger partial charge on any atom is -0.390 e. The van der Waals surface area contributed by atoms with Crippen LogP contribution in [0.3, 0.4) is 0 Å². The van der Waals surface area contributed by atoms with Crippen molar-refractivity contribution >= 4 is 5.91 Å². The van der Waals surface area contributed by atoms with Gasteiger partial charge in [0.15, 0.2) is 0 Å². The molecular weight excluding hydrogens is 254 g/mol. The topological polar surface area (TPSA) is 58.4 Å². The highest BCUT2D eigenvalue weighted by atomic mass is 16.3. The van der Waals surface area contributed by atoms with Crippen molar-refractivity contribution in [2.75, 3.05) is 6.54 Å². The van der Waals surface area contributed by atoms with Gasteiger partial charge in [-0.25, -0.2) is 4.98 Å². The van der Waals surface area contributed by atoms with Crippen molar-refractivity contribution in [3.8, 4) is 5.69 Å². The Kier molecular flexibility index (Phi) is 2.44. The fourth-order valence-electron chi connectivity index (χ4n) is 3.37. The van der Waals surface area contributed by atoms with Crippen molar-refractivity contribution in [1.29, 1.82) is 0 Å². The van der Waals surface area contributed by atoms with Crippen LogP contribution in [0.25, 0.3) is 5.69 Å². The van der Waals surface area contributed by atoms with Crippen LogP contribution in [0.4, 0.5) is 0 Å². The summed E-state index contributed by atoms with van der Waals surface area (Å²) in [7, 11) is 0. The maximum Gasteiger partial charge on any atom is 0.256 e. The number of nitrogens with zero attached hydrogens (tertiary/aromatic N) is 3. The van der Waals surface area contributed by atoms with Crippen LogP contribution in [0, 0.1) is 0 Å². The molecule has 1 N–H and O–H groups in total. The third-order valence-electron chi connectivity index (χ3n) is 4.26. The van der Waals surface area contributed by atoms with E-state index >= 15 is 0 Å². The quantitative estimate of drug-likeness (QED) is 0.856. The Hall–Kier alpha value is -2.14. The molecule has 3 heterocycles. The number of aliphatic hydroxyl groups is 1. The zero-order chi connectivity index (χ0) is 13.7. The van der Waals surface area contributed by atoms with Crippen molar-refractivity contribution < 1.29 is 9.90 Å². The number of rotatable bonds is 1. The molecule has 5 nitrogen and oxygen atoms in total. The Morgan fingerprint density at radius 2 is 2.20 bits per heavy atom. The number of para-hydroxylation sites is 1. The lowest BCUT2D eigenvalue weighted by molar-refractivity contribution is 0.0737. The van der Waals surface area contributed by atoms with E-state index in [1.807, 2.05) is 33.7 Å². The molecule has 4 rings (SSSR count). The van der Waals surface area contributed by atoms with Crippen molar-refractivity contribution in [1.82, 2.24) is 14.5 Å². The zero-order valence-electron chi connectivity index (χ0n) is 11.0. The Morgan fingerprint density at radius 3 is 3.05 bits per heavy atom. The summed E-state index contributed by atoms with van der Waals surface area (Å²) in [6.45, 7) is 0.677. The van der Waals surface area contributed by atoms with Gasteiger partial charge < -0.3 is 10.0 Å². The van der Waals surface area contributed by atoms with Gasteiger partial charge in [0.2, 0.25) is 0 Å². The van der Waals surface area contributed by atoms with Crippen molar-refractivity contribution in [3.05, 3.63) is 47.5 Å². The number of carbonyl (C=O) groups excluding carboxylic acids is 1. The van der Waals surface area contributed by atoms with Gasteiger partial charge in [0.1, 0.15) is 0 Å². The molecule has 0 spiro atoms. The number of hydrogen-bond donors (Lipinski definition) is 1. The normalized spacial score (nSPS) is 20.4. The fraction of sp³-hybridized carbons (Fsp3) is 0.333. The number of fused-ring (bicyclic) bond motifs is 5. The van der Waals surface area contributed by atoms with E-state index in [0.29, 0.717) is 11.3 Å². The zero-order valence-corrected chi connectivity index (χ0v) is 11.0. The van der Waals surface area contributed by atoms with Gasteiger partial charge in [0.25, 0.3) is 5.91 Å². The Balaban J connectivity index is 2.04. The first-order valence-electron chi connectivity index (χ1n) is 6.88. The summed E-state index contributed by atoms with van der Waals surface area (Å²) in [6.07, 6.45) is 3.64. The highest BCUT2D eigenvalue weighted by Gasteiger charge is 2.38. The molecule has 20 heavy (non-hydrogen) atoms. The first-order valence-corrected chi connectivity index (χ1v) is 6.88. The summed E-state index contributed by atoms with van der Waals surface area (Å²) in [6, 6.07) is 7.63. The summed E-state index contributed by atoms with van der Waals surface area (Å²) < 4.78 is 1.97. The largest absolute Gasteiger partial charge is 0.390 e. The van der Waals surface area contributed by atoms with Gasteiger partial charge in [0.05, 0.1) is 41.6 Å². The van der Waals surface area contributed by atoms with Gasteiger partial charge in [-0.3, -0.25) is 9.36 Å². The Bertz CT molecular complexity index is 692. The molecule has 5 heteroatoms. The lowest BCUT2D eigenvalue weighted by Gasteiger charge is -2.22. The molecule has 2 aliphatic heterocycles. The number of benzene rings is 1. The van der Waals surface area contributed by atoms with Gasteiger partial charge in [0, 0.05) is 6.54 Å². The smallest absolute Gasteiger partial charge is 0.256 e. The maximum absolute atomic E-state index is 12.7. The van der Waals surface area contributed by atoms with Crippen LogP contribution in [0.15, 0.2) is 30.6 Å². The van der Waals surface area contributed by atoms with Gasteiger partial charge in [-0.05, 0) is 25.0 Å². The van der Waals surface area contributed by atoms with Gasteiger partial charge in [-0.1, -0.05) is 12.1 Å². The molecule has 0 radical (unpaired) electrons. The molecule has 0 bridgehead atoms. The van der Waals surface area contributed by atoms with Crippen LogP contribution in [-0.2, 0) is 6.61 Å². The Labute approximate surface area is 116 Å². The Morgan fingerprint density at radius 1 is 1.35 bits per heavy atom. The molecular formula is C15H15N3O2. The summed E-state index contributed by atoms with van der Waals surface area (Å²) in [4.78, 5) is 18.9. The fourth-order valence-corrected chi connectivity index (χ4v) is 3.37. The third kappa shape index (κ3) is 1.41. The van der Waals surface area contributed by atoms with Gasteiger partial charge in [-0.2, -0.15) is 0 Å². The number of aliphatic hydroxyl groups excluding tert-OH is 1. The molecule has 1 aromatic heterocycles. The molecule has 1 amide bonds. The predicted molar refractivity (Wildman–Crippen MR) is 72.5 cm³/mol. The SMILES string of the molecule is O=C1c2ccccc2-n2cnc(CO)c2[C@@H]2CCCN12. The van der Waals surface area contributed by atoms with Crippen LogP contribution >= 0.6 is 0 Å². The molecule has 2 aliphatic rings. The predicted octanol–water partition coefficient (Wildman–Crippen LogP) is 1.66. The minimum atomic E-state index is -0.0942. The second-order valence-corrected chi connectivity index (χ2v) is 5.28. The summed E-state index contributed by atoms with van der Waals surface area (Å²) in [5.41, 5.74) is 3.20. The first-order chi connectivity index (χ1) is 9.81. The number of amides is 1. The number of imidazole rings is 1. The number of aromatic nitrogens is 2. The van der Waals surface area contributed by atoms with Crippen LogP contribution in [-0.4, -0.2) is 32.0 Å². The van der Waals surface area contributed by atoms with Gasteiger partial charge >= 0.3 is 0 Å². The molecule has 0 unspecified atom stereocenters. The summed E-state index contributed by atoms with van der Waals surface area (Å²) >= 11 is 0. The third-order valence-corrected chi connectivity index (χ3v) is 4.26. The lowest BCUT2D eigenvalue weighted by atomic mass is 10.1. The molecule has 1 fully saturated rings. The second-order valence-electron chi connectivity index (χ2n) is 5.28. The van der Waals surface area contributed by atoms with Crippen LogP contribution < -0.4 is 0 Å². The maximum atomic E-state index is 12.7. The molecule has 1 saturated heterocycles. The molecule has 2 aromatic rings. The molecule has 102 valence electrons. The molecule has 1 atom stereocenters. The van der Waals surface area contributed by atoms with Gasteiger partial charge in [-0.15, -0.1) is 0 Å².